The van der Waals surface area contributed by atoms with Gasteiger partial charge in [0, 0.05) is 12.0 Å². The summed E-state index contributed by atoms with van der Waals surface area (Å²) >= 11 is 0. The topological polar surface area (TPSA) is 113 Å². The molecule has 0 aromatic heterocycles. The van der Waals surface area contributed by atoms with E-state index in [2.05, 4.69) is 0 Å². The lowest BCUT2D eigenvalue weighted by Gasteiger charge is -2.14. The summed E-state index contributed by atoms with van der Waals surface area (Å²) in [5.41, 5.74) is -0.145. The van der Waals surface area contributed by atoms with E-state index in [1.54, 1.807) is 13.0 Å². The molecule has 0 saturated heterocycles. The Morgan fingerprint density at radius 1 is 1.42 bits per heavy atom. The molecular weight excluding hydrogens is 272 g/mol. The summed E-state index contributed by atoms with van der Waals surface area (Å²) in [4.78, 5) is 10.2. The number of primary sulfonamides is 1. The van der Waals surface area contributed by atoms with E-state index in [4.69, 9.17) is 9.88 Å². The van der Waals surface area contributed by atoms with Crippen LogP contribution in [0, 0.1) is 16.0 Å². The minimum absolute atomic E-state index is 0.0672. The molecule has 1 rings (SSSR count). The summed E-state index contributed by atoms with van der Waals surface area (Å²) in [5, 5.41) is 15.7. The van der Waals surface area contributed by atoms with Crippen LogP contribution in [0.3, 0.4) is 0 Å². The highest BCUT2D eigenvalue weighted by Gasteiger charge is 2.18. The minimum atomic E-state index is -3.58. The molecule has 0 aliphatic carbocycles. The zero-order valence-electron chi connectivity index (χ0n) is 10.5. The third-order valence-electron chi connectivity index (χ3n) is 2.58. The number of nitrogens with zero attached hydrogens (tertiary/aromatic N) is 1. The molecule has 0 saturated carbocycles. The third-order valence-corrected chi connectivity index (χ3v) is 3.52. The lowest BCUT2D eigenvalue weighted by Crippen LogP contribution is -2.26. The van der Waals surface area contributed by atoms with E-state index in [1.807, 2.05) is 0 Å². The summed E-state index contributed by atoms with van der Waals surface area (Å²) in [6, 6.07) is 5.95. The van der Waals surface area contributed by atoms with Gasteiger partial charge in [0.2, 0.25) is 10.0 Å². The van der Waals surface area contributed by atoms with Crippen LogP contribution in [0.4, 0.5) is 5.69 Å². The van der Waals surface area contributed by atoms with Gasteiger partial charge in [-0.15, -0.1) is 0 Å². The molecule has 1 aromatic rings. The lowest BCUT2D eigenvalue weighted by atomic mass is 10.1. The van der Waals surface area contributed by atoms with Crippen molar-refractivity contribution >= 4 is 15.7 Å². The molecule has 0 bridgehead atoms. The molecule has 106 valence electrons. The van der Waals surface area contributed by atoms with Crippen molar-refractivity contribution in [3.63, 3.8) is 0 Å². The van der Waals surface area contributed by atoms with Gasteiger partial charge in [-0.3, -0.25) is 10.1 Å². The first-order valence-electron chi connectivity index (χ1n) is 5.70. The molecular formula is C11H16N2O5S. The number of ether oxygens (including phenoxy) is 1. The predicted molar refractivity (Wildman–Crippen MR) is 70.3 cm³/mol. The maximum Gasteiger partial charge on any atom is 0.310 e. The van der Waals surface area contributed by atoms with E-state index in [0.29, 0.717) is 6.42 Å². The van der Waals surface area contributed by atoms with Crippen molar-refractivity contribution in [2.75, 3.05) is 12.4 Å². The van der Waals surface area contributed by atoms with Gasteiger partial charge in [0.15, 0.2) is 5.75 Å². The highest BCUT2D eigenvalue weighted by atomic mass is 32.2. The Morgan fingerprint density at radius 2 is 2.05 bits per heavy atom. The number of benzene rings is 1. The van der Waals surface area contributed by atoms with Crippen LogP contribution in [-0.2, 0) is 10.0 Å². The van der Waals surface area contributed by atoms with Crippen molar-refractivity contribution in [2.24, 2.45) is 11.1 Å². The maximum atomic E-state index is 11.0. The van der Waals surface area contributed by atoms with Gasteiger partial charge in [0.1, 0.15) is 0 Å². The normalized spacial score (nSPS) is 12.9. The van der Waals surface area contributed by atoms with Crippen LogP contribution in [0.15, 0.2) is 24.3 Å². The van der Waals surface area contributed by atoms with Crippen molar-refractivity contribution in [1.82, 2.24) is 0 Å². The van der Waals surface area contributed by atoms with E-state index in [9.17, 15) is 18.5 Å². The van der Waals surface area contributed by atoms with Crippen LogP contribution >= 0.6 is 0 Å². The smallest absolute Gasteiger partial charge is 0.310 e. The second-order valence-corrected chi connectivity index (χ2v) is 5.80. The van der Waals surface area contributed by atoms with Crippen LogP contribution in [0.1, 0.15) is 13.3 Å². The number of rotatable bonds is 7. The van der Waals surface area contributed by atoms with Crippen LogP contribution in [0.25, 0.3) is 0 Å². The standard InChI is InChI=1S/C11H16N2O5S/c1-2-9(8-19(12,16)17)7-18-11-6-4-3-5-10(11)13(14)15/h3-6,9H,2,7-8H2,1H3,(H2,12,16,17). The summed E-state index contributed by atoms with van der Waals surface area (Å²) in [7, 11) is -3.58. The first kappa shape index (κ1) is 15.4. The fourth-order valence-corrected chi connectivity index (χ4v) is 2.54. The first-order valence-corrected chi connectivity index (χ1v) is 7.41. The summed E-state index contributed by atoms with van der Waals surface area (Å²) in [6.45, 7) is 1.87. The minimum Gasteiger partial charge on any atom is -0.486 e. The second kappa shape index (κ2) is 6.48. The number of nitrogens with two attached hydrogens (primary N) is 1. The van der Waals surface area contributed by atoms with Gasteiger partial charge in [0.25, 0.3) is 0 Å². The number of hydrogen-bond donors (Lipinski definition) is 1. The average Bonchev–Trinajstić information content (AvgIpc) is 2.33. The number of nitro groups is 1. The van der Waals surface area contributed by atoms with Gasteiger partial charge in [-0.25, -0.2) is 13.6 Å². The molecule has 2 N–H and O–H groups in total. The number of nitro benzene ring substituents is 1. The van der Waals surface area contributed by atoms with Gasteiger partial charge in [-0.05, 0) is 12.5 Å². The molecule has 0 spiro atoms. The van der Waals surface area contributed by atoms with E-state index in [-0.39, 0.29) is 29.7 Å². The van der Waals surface area contributed by atoms with Crippen LogP contribution in [-0.4, -0.2) is 25.7 Å². The van der Waals surface area contributed by atoms with E-state index < -0.39 is 14.9 Å². The molecule has 0 amide bonds. The Hall–Kier alpha value is -1.67. The van der Waals surface area contributed by atoms with Gasteiger partial charge in [0.05, 0.1) is 17.3 Å². The molecule has 0 aliphatic heterocycles. The molecule has 8 heteroatoms. The highest BCUT2D eigenvalue weighted by molar-refractivity contribution is 7.89. The zero-order valence-corrected chi connectivity index (χ0v) is 11.3. The van der Waals surface area contributed by atoms with E-state index in [1.165, 1.54) is 18.2 Å². The molecule has 0 heterocycles. The number of para-hydroxylation sites is 2. The monoisotopic (exact) mass is 288 g/mol. The second-order valence-electron chi connectivity index (χ2n) is 4.14. The number of sulfonamides is 1. The van der Waals surface area contributed by atoms with Crippen molar-refractivity contribution in [1.29, 1.82) is 0 Å². The molecule has 0 aliphatic rings. The summed E-state index contributed by atoms with van der Waals surface area (Å²) in [5.74, 6) is -0.375. The van der Waals surface area contributed by atoms with Crippen LogP contribution < -0.4 is 9.88 Å². The van der Waals surface area contributed by atoms with Crippen molar-refractivity contribution in [3.05, 3.63) is 34.4 Å². The third kappa shape index (κ3) is 5.23. The Morgan fingerprint density at radius 3 is 2.58 bits per heavy atom. The van der Waals surface area contributed by atoms with E-state index in [0.717, 1.165) is 0 Å². The fraction of sp³-hybridized carbons (Fsp3) is 0.455. The van der Waals surface area contributed by atoms with E-state index >= 15 is 0 Å². The summed E-state index contributed by atoms with van der Waals surface area (Å²) < 4.78 is 27.3. The predicted octanol–water partition coefficient (Wildman–Crippen LogP) is 1.29. The number of hydrogen-bond acceptors (Lipinski definition) is 5. The SMILES string of the molecule is CCC(COc1ccccc1[N+](=O)[O-])CS(N)(=O)=O. The molecule has 19 heavy (non-hydrogen) atoms. The van der Waals surface area contributed by atoms with Crippen molar-refractivity contribution < 1.29 is 18.1 Å². The molecule has 0 fully saturated rings. The van der Waals surface area contributed by atoms with Crippen LogP contribution in [0.2, 0.25) is 0 Å². The molecule has 0 radical (unpaired) electrons. The molecule has 1 unspecified atom stereocenters. The maximum absolute atomic E-state index is 11.0. The molecule has 1 aromatic carbocycles. The summed E-state index contributed by atoms with van der Waals surface area (Å²) in [6.07, 6.45) is 0.553. The fourth-order valence-electron chi connectivity index (χ4n) is 1.55. The van der Waals surface area contributed by atoms with Crippen molar-refractivity contribution in [3.8, 4) is 5.75 Å². The first-order chi connectivity index (χ1) is 8.83. The van der Waals surface area contributed by atoms with Gasteiger partial charge in [-0.1, -0.05) is 19.1 Å². The Kier molecular flexibility index (Phi) is 5.25. The molecule has 7 nitrogen and oxygen atoms in total. The van der Waals surface area contributed by atoms with Gasteiger partial charge in [-0.2, -0.15) is 0 Å². The average molecular weight is 288 g/mol. The quantitative estimate of drug-likeness (QED) is 0.600. The zero-order chi connectivity index (χ0) is 14.5. The Labute approximate surface area is 111 Å². The lowest BCUT2D eigenvalue weighted by molar-refractivity contribution is -0.385. The van der Waals surface area contributed by atoms with Gasteiger partial charge < -0.3 is 4.74 Å². The van der Waals surface area contributed by atoms with Crippen LogP contribution in [0.5, 0.6) is 5.75 Å². The van der Waals surface area contributed by atoms with Crippen molar-refractivity contribution in [2.45, 2.75) is 13.3 Å². The Balaban J connectivity index is 2.73. The largest absolute Gasteiger partial charge is 0.486 e. The van der Waals surface area contributed by atoms with Gasteiger partial charge >= 0.3 is 5.69 Å². The molecule has 1 atom stereocenters. The Bertz CT molecular complexity index is 544. The highest BCUT2D eigenvalue weighted by Crippen LogP contribution is 2.26.